The monoisotopic (exact) mass is 430 g/mol. The number of aromatic nitrogens is 2. The van der Waals surface area contributed by atoms with Gasteiger partial charge in [0.25, 0.3) is 5.91 Å². The van der Waals surface area contributed by atoms with Crippen LogP contribution in [0.15, 0.2) is 35.1 Å². The van der Waals surface area contributed by atoms with Crippen LogP contribution >= 0.6 is 12.4 Å². The summed E-state index contributed by atoms with van der Waals surface area (Å²) in [5, 5.41) is 10.1. The molecule has 2 heterocycles. The number of carbonyl (C=O) groups is 1. The van der Waals surface area contributed by atoms with Crippen molar-refractivity contribution in [3.63, 3.8) is 0 Å². The zero-order valence-electron chi connectivity index (χ0n) is 15.9. The number of hydrogen-bond donors (Lipinski definition) is 2. The predicted octanol–water partition coefficient (Wildman–Crippen LogP) is 2.71. The second-order valence-corrected chi connectivity index (χ2v) is 7.01. The number of piperidine rings is 1. The van der Waals surface area contributed by atoms with Crippen molar-refractivity contribution >= 4 is 18.3 Å². The molecule has 2 N–H and O–H groups in total. The number of nitrogens with zero attached hydrogens (tertiary/aromatic N) is 2. The van der Waals surface area contributed by atoms with Gasteiger partial charge in [-0.1, -0.05) is 13.0 Å². The fourth-order valence-corrected chi connectivity index (χ4v) is 3.25. The summed E-state index contributed by atoms with van der Waals surface area (Å²) in [5.74, 6) is -0.432. The minimum absolute atomic E-state index is 0. The van der Waals surface area contributed by atoms with Crippen LogP contribution in [0.3, 0.4) is 0 Å². The molecule has 1 aromatic heterocycles. The molecule has 1 fully saturated rings. The number of nitrogens with one attached hydrogen (secondary N) is 2. The summed E-state index contributed by atoms with van der Waals surface area (Å²) in [6.07, 6.45) is -3.78. The van der Waals surface area contributed by atoms with E-state index >= 15 is 0 Å². The Morgan fingerprint density at radius 3 is 2.69 bits per heavy atom. The highest BCUT2D eigenvalue weighted by atomic mass is 35.5. The summed E-state index contributed by atoms with van der Waals surface area (Å²) in [4.78, 5) is 24.9. The summed E-state index contributed by atoms with van der Waals surface area (Å²) >= 11 is 0. The highest BCUT2D eigenvalue weighted by Crippen LogP contribution is 2.30. The maximum Gasteiger partial charge on any atom is 0.416 e. The number of amides is 1. The topological polar surface area (TPSA) is 76.0 Å². The molecule has 2 atom stereocenters. The third kappa shape index (κ3) is 5.16. The molecule has 10 heteroatoms. The van der Waals surface area contributed by atoms with Gasteiger partial charge < -0.3 is 10.6 Å². The Labute approximate surface area is 171 Å². The molecule has 1 aliphatic rings. The SMILES string of the molecule is Cc1cc(=O)c(C(=O)NC2CCNCC2C)nn1-c1cccc(C(F)(F)F)c1.Cl. The van der Waals surface area contributed by atoms with Crippen molar-refractivity contribution in [1.29, 1.82) is 0 Å². The van der Waals surface area contributed by atoms with Gasteiger partial charge in [-0.25, -0.2) is 4.68 Å². The van der Waals surface area contributed by atoms with Crippen molar-refractivity contribution < 1.29 is 18.0 Å². The van der Waals surface area contributed by atoms with Crippen LogP contribution in [-0.4, -0.2) is 34.8 Å². The largest absolute Gasteiger partial charge is 0.416 e. The van der Waals surface area contributed by atoms with E-state index in [4.69, 9.17) is 0 Å². The Bertz CT molecular complexity index is 946. The molecule has 1 aliphatic heterocycles. The highest BCUT2D eigenvalue weighted by molar-refractivity contribution is 5.92. The van der Waals surface area contributed by atoms with E-state index in [9.17, 15) is 22.8 Å². The van der Waals surface area contributed by atoms with E-state index in [-0.39, 0.29) is 35.7 Å². The molecule has 0 saturated carbocycles. The van der Waals surface area contributed by atoms with Crippen molar-refractivity contribution in [3.05, 3.63) is 57.5 Å². The van der Waals surface area contributed by atoms with Gasteiger partial charge in [0, 0.05) is 17.8 Å². The Balaban J connectivity index is 0.00000300. The van der Waals surface area contributed by atoms with Gasteiger partial charge in [0.15, 0.2) is 5.69 Å². The van der Waals surface area contributed by atoms with Crippen molar-refractivity contribution in [3.8, 4) is 5.69 Å². The molecule has 29 heavy (non-hydrogen) atoms. The van der Waals surface area contributed by atoms with E-state index in [0.29, 0.717) is 5.69 Å². The van der Waals surface area contributed by atoms with Gasteiger partial charge in [0.2, 0.25) is 5.43 Å². The number of halogens is 4. The van der Waals surface area contributed by atoms with Gasteiger partial charge in [-0.3, -0.25) is 9.59 Å². The number of benzene rings is 1. The normalized spacial score (nSPS) is 19.3. The van der Waals surface area contributed by atoms with Crippen LogP contribution in [0.5, 0.6) is 0 Å². The number of carbonyl (C=O) groups excluding carboxylic acids is 1. The van der Waals surface area contributed by atoms with Crippen LogP contribution in [-0.2, 0) is 6.18 Å². The number of hydrogen-bond acceptors (Lipinski definition) is 4. The number of alkyl halides is 3. The lowest BCUT2D eigenvalue weighted by molar-refractivity contribution is -0.137. The number of aryl methyl sites for hydroxylation is 1. The van der Waals surface area contributed by atoms with E-state index in [2.05, 4.69) is 15.7 Å². The minimum Gasteiger partial charge on any atom is -0.347 e. The van der Waals surface area contributed by atoms with Gasteiger partial charge in [0.05, 0.1) is 11.3 Å². The Morgan fingerprint density at radius 1 is 1.31 bits per heavy atom. The zero-order valence-corrected chi connectivity index (χ0v) is 16.7. The van der Waals surface area contributed by atoms with E-state index in [1.165, 1.54) is 22.9 Å². The van der Waals surface area contributed by atoms with Crippen molar-refractivity contribution in [2.45, 2.75) is 32.5 Å². The van der Waals surface area contributed by atoms with Crippen LogP contribution in [0.4, 0.5) is 13.2 Å². The minimum atomic E-state index is -4.51. The molecule has 0 aliphatic carbocycles. The lowest BCUT2D eigenvalue weighted by atomic mass is 9.95. The van der Waals surface area contributed by atoms with Crippen LogP contribution in [0, 0.1) is 12.8 Å². The molecule has 6 nitrogen and oxygen atoms in total. The van der Waals surface area contributed by atoms with E-state index in [1.54, 1.807) is 6.92 Å². The second-order valence-electron chi connectivity index (χ2n) is 7.01. The summed E-state index contributed by atoms with van der Waals surface area (Å²) in [6, 6.07) is 5.69. The summed E-state index contributed by atoms with van der Waals surface area (Å²) in [7, 11) is 0. The van der Waals surface area contributed by atoms with Gasteiger partial charge in [0.1, 0.15) is 0 Å². The van der Waals surface area contributed by atoms with Gasteiger partial charge in [-0.2, -0.15) is 18.3 Å². The second kappa shape index (κ2) is 8.96. The molecule has 0 radical (unpaired) electrons. The van der Waals surface area contributed by atoms with Gasteiger partial charge in [-0.15, -0.1) is 12.4 Å². The van der Waals surface area contributed by atoms with Gasteiger partial charge >= 0.3 is 6.18 Å². The van der Waals surface area contributed by atoms with Crippen molar-refractivity contribution in [2.24, 2.45) is 5.92 Å². The first kappa shape index (κ1) is 22.9. The highest BCUT2D eigenvalue weighted by Gasteiger charge is 2.31. The zero-order chi connectivity index (χ0) is 20.5. The van der Waals surface area contributed by atoms with Crippen LogP contribution in [0.1, 0.15) is 35.1 Å². The van der Waals surface area contributed by atoms with Gasteiger partial charge in [-0.05, 0) is 50.6 Å². The first-order valence-electron chi connectivity index (χ1n) is 8.97. The Hall–Kier alpha value is -2.39. The third-order valence-electron chi connectivity index (χ3n) is 4.84. The molecule has 1 amide bonds. The average molecular weight is 431 g/mol. The molecule has 1 aromatic carbocycles. The molecule has 0 spiro atoms. The van der Waals surface area contributed by atoms with E-state index < -0.39 is 23.1 Å². The number of rotatable bonds is 3. The van der Waals surface area contributed by atoms with Crippen molar-refractivity contribution in [2.75, 3.05) is 13.1 Å². The van der Waals surface area contributed by atoms with E-state index in [0.717, 1.165) is 31.6 Å². The molecule has 1 saturated heterocycles. The quantitative estimate of drug-likeness (QED) is 0.785. The lowest BCUT2D eigenvalue weighted by Gasteiger charge is -2.30. The fourth-order valence-electron chi connectivity index (χ4n) is 3.25. The standard InChI is InChI=1S/C19H21F3N4O2.ClH/c1-11-10-23-7-6-15(11)24-18(28)17-16(27)8-12(2)26(25-17)14-5-3-4-13(9-14)19(20,21)22;/h3-5,8-9,11,15,23H,6-7,10H2,1-2H3,(H,24,28);1H. The first-order valence-corrected chi connectivity index (χ1v) is 8.97. The third-order valence-corrected chi connectivity index (χ3v) is 4.84. The molecule has 2 unspecified atom stereocenters. The van der Waals surface area contributed by atoms with Crippen molar-refractivity contribution in [1.82, 2.24) is 20.4 Å². The van der Waals surface area contributed by atoms with Crippen LogP contribution < -0.4 is 16.1 Å². The Morgan fingerprint density at radius 2 is 2.03 bits per heavy atom. The average Bonchev–Trinajstić information content (AvgIpc) is 2.63. The first-order chi connectivity index (χ1) is 13.2. The molecule has 158 valence electrons. The maximum atomic E-state index is 13.0. The maximum absolute atomic E-state index is 13.0. The van der Waals surface area contributed by atoms with Crippen LogP contribution in [0.25, 0.3) is 5.69 Å². The van der Waals surface area contributed by atoms with Crippen LogP contribution in [0.2, 0.25) is 0 Å². The smallest absolute Gasteiger partial charge is 0.347 e. The molecule has 3 rings (SSSR count). The molecular formula is C19H22ClF3N4O2. The lowest BCUT2D eigenvalue weighted by Crippen LogP contribution is -2.49. The molecular weight excluding hydrogens is 409 g/mol. The summed E-state index contributed by atoms with van der Waals surface area (Å²) in [6.45, 7) is 5.04. The summed E-state index contributed by atoms with van der Waals surface area (Å²) < 4.78 is 40.2. The molecule has 0 bridgehead atoms. The predicted molar refractivity (Wildman–Crippen MR) is 105 cm³/mol. The Kier molecular flexibility index (Phi) is 7.07. The van der Waals surface area contributed by atoms with E-state index in [1.807, 2.05) is 6.92 Å². The summed E-state index contributed by atoms with van der Waals surface area (Å²) in [5.41, 5.74) is -1.29. The fraction of sp³-hybridized carbons (Fsp3) is 0.421. The molecule has 2 aromatic rings.